The van der Waals surface area contributed by atoms with Crippen LogP contribution < -0.4 is 5.56 Å². The van der Waals surface area contributed by atoms with E-state index in [0.717, 1.165) is 29.8 Å². The number of hydrogen-bond acceptors (Lipinski definition) is 5. The normalized spacial score (nSPS) is 13.7. The molecular formula is C20H18N4O2. The average molecular weight is 346 g/mol. The predicted molar refractivity (Wildman–Crippen MR) is 96.4 cm³/mol. The van der Waals surface area contributed by atoms with Crippen molar-refractivity contribution >= 4 is 0 Å². The molecular weight excluding hydrogens is 328 g/mol. The number of oxazole rings is 1. The summed E-state index contributed by atoms with van der Waals surface area (Å²) in [5.74, 6) is 6.56. The van der Waals surface area contributed by atoms with E-state index in [9.17, 15) is 4.79 Å². The summed E-state index contributed by atoms with van der Waals surface area (Å²) in [6.45, 7) is 2.52. The Morgan fingerprint density at radius 3 is 2.92 bits per heavy atom. The quantitative estimate of drug-likeness (QED) is 0.675. The van der Waals surface area contributed by atoms with Crippen LogP contribution in [0.3, 0.4) is 0 Å². The number of fused-ring (bicyclic) bond motifs is 1. The van der Waals surface area contributed by atoms with Crippen molar-refractivity contribution in [1.82, 2.24) is 19.4 Å². The molecule has 0 atom stereocenters. The van der Waals surface area contributed by atoms with E-state index in [0.29, 0.717) is 25.4 Å². The zero-order chi connectivity index (χ0) is 17.8. The summed E-state index contributed by atoms with van der Waals surface area (Å²) < 4.78 is 6.78. The molecule has 130 valence electrons. The molecule has 0 bridgehead atoms. The first kappa shape index (κ1) is 16.3. The lowest BCUT2D eigenvalue weighted by molar-refractivity contribution is 0.280. The molecule has 6 nitrogen and oxygen atoms in total. The molecule has 0 saturated carbocycles. The van der Waals surface area contributed by atoms with Gasteiger partial charge in [-0.3, -0.25) is 14.3 Å². The Hall–Kier alpha value is -3.17. The first-order valence-electron chi connectivity index (χ1n) is 8.50. The Balaban J connectivity index is 1.50. The van der Waals surface area contributed by atoms with Gasteiger partial charge in [-0.15, -0.1) is 0 Å². The third-order valence-electron chi connectivity index (χ3n) is 4.41. The SMILES string of the molecule is O=c1c2c(ncn1Cc1ccccc1)CCN(CC#Cc1cnco1)C2. The van der Waals surface area contributed by atoms with Gasteiger partial charge in [-0.2, -0.15) is 0 Å². The highest BCUT2D eigenvalue weighted by Crippen LogP contribution is 2.13. The fraction of sp³-hybridized carbons (Fsp3) is 0.250. The number of benzene rings is 1. The summed E-state index contributed by atoms with van der Waals surface area (Å²) in [7, 11) is 0. The molecule has 3 heterocycles. The van der Waals surface area contributed by atoms with Gasteiger partial charge >= 0.3 is 0 Å². The van der Waals surface area contributed by atoms with Gasteiger partial charge in [-0.05, 0) is 11.5 Å². The van der Waals surface area contributed by atoms with Crippen LogP contribution in [0.5, 0.6) is 0 Å². The summed E-state index contributed by atoms with van der Waals surface area (Å²) in [6, 6.07) is 9.94. The Morgan fingerprint density at radius 2 is 2.12 bits per heavy atom. The topological polar surface area (TPSA) is 64.2 Å². The van der Waals surface area contributed by atoms with Crippen molar-refractivity contribution in [3.05, 3.63) is 82.2 Å². The van der Waals surface area contributed by atoms with Gasteiger partial charge in [0.05, 0.1) is 36.9 Å². The van der Waals surface area contributed by atoms with Crippen LogP contribution in [0.25, 0.3) is 0 Å². The lowest BCUT2D eigenvalue weighted by atomic mass is 10.1. The molecule has 2 aromatic heterocycles. The van der Waals surface area contributed by atoms with Gasteiger partial charge in [0.15, 0.2) is 12.2 Å². The van der Waals surface area contributed by atoms with E-state index in [1.807, 2.05) is 30.3 Å². The lowest BCUT2D eigenvalue weighted by Gasteiger charge is -2.26. The van der Waals surface area contributed by atoms with Crippen molar-refractivity contribution < 1.29 is 4.42 Å². The van der Waals surface area contributed by atoms with E-state index in [1.54, 1.807) is 17.1 Å². The van der Waals surface area contributed by atoms with Gasteiger partial charge < -0.3 is 4.42 Å². The summed E-state index contributed by atoms with van der Waals surface area (Å²) in [6.07, 6.45) is 5.38. The standard InChI is InChI=1S/C20H18N4O2/c25-20-18-13-23(9-4-7-17-11-21-15-26-17)10-8-19(18)22-14-24(20)12-16-5-2-1-3-6-16/h1-3,5-6,11,14-15H,8-10,12-13H2. The molecule has 0 unspecified atom stereocenters. The zero-order valence-electron chi connectivity index (χ0n) is 14.3. The van der Waals surface area contributed by atoms with Crippen molar-refractivity contribution in [3.8, 4) is 11.8 Å². The van der Waals surface area contributed by atoms with Gasteiger partial charge in [0.25, 0.3) is 5.56 Å². The average Bonchev–Trinajstić information content (AvgIpc) is 3.19. The lowest BCUT2D eigenvalue weighted by Crippen LogP contribution is -2.38. The molecule has 6 heteroatoms. The van der Waals surface area contributed by atoms with Crippen molar-refractivity contribution in [2.75, 3.05) is 13.1 Å². The summed E-state index contributed by atoms with van der Waals surface area (Å²) in [5, 5.41) is 0. The maximum absolute atomic E-state index is 12.9. The van der Waals surface area contributed by atoms with E-state index in [2.05, 4.69) is 26.7 Å². The van der Waals surface area contributed by atoms with Gasteiger partial charge in [0.1, 0.15) is 0 Å². The van der Waals surface area contributed by atoms with Crippen LogP contribution >= 0.6 is 0 Å². The molecule has 0 N–H and O–H groups in total. The second kappa shape index (κ2) is 7.38. The molecule has 4 rings (SSSR count). The molecule has 1 aliphatic heterocycles. The number of aromatic nitrogens is 3. The Kier molecular flexibility index (Phi) is 4.63. The fourth-order valence-electron chi connectivity index (χ4n) is 3.05. The van der Waals surface area contributed by atoms with Crippen molar-refractivity contribution in [2.45, 2.75) is 19.5 Å². The molecule has 0 saturated heterocycles. The largest absolute Gasteiger partial charge is 0.435 e. The summed E-state index contributed by atoms with van der Waals surface area (Å²) >= 11 is 0. The number of rotatable bonds is 3. The van der Waals surface area contributed by atoms with Crippen LogP contribution in [-0.4, -0.2) is 32.5 Å². The van der Waals surface area contributed by atoms with E-state index < -0.39 is 0 Å². The first-order valence-corrected chi connectivity index (χ1v) is 8.50. The number of hydrogen-bond donors (Lipinski definition) is 0. The summed E-state index contributed by atoms with van der Waals surface area (Å²) in [5.41, 5.74) is 2.79. The maximum Gasteiger partial charge on any atom is 0.258 e. The Morgan fingerprint density at radius 1 is 1.23 bits per heavy atom. The highest BCUT2D eigenvalue weighted by atomic mass is 16.3. The zero-order valence-corrected chi connectivity index (χ0v) is 14.3. The van der Waals surface area contributed by atoms with Gasteiger partial charge in [-0.1, -0.05) is 36.3 Å². The van der Waals surface area contributed by atoms with Crippen LogP contribution in [-0.2, 0) is 19.5 Å². The fourth-order valence-corrected chi connectivity index (χ4v) is 3.05. The Labute approximate surface area is 151 Å². The number of nitrogens with zero attached hydrogens (tertiary/aromatic N) is 4. The van der Waals surface area contributed by atoms with E-state index >= 15 is 0 Å². The van der Waals surface area contributed by atoms with E-state index in [-0.39, 0.29) is 5.56 Å². The molecule has 0 spiro atoms. The van der Waals surface area contributed by atoms with Crippen LogP contribution in [0.2, 0.25) is 0 Å². The molecule has 0 radical (unpaired) electrons. The Bertz CT molecular complexity index is 998. The van der Waals surface area contributed by atoms with E-state index in [1.165, 1.54) is 6.39 Å². The van der Waals surface area contributed by atoms with Crippen LogP contribution in [0.4, 0.5) is 0 Å². The molecule has 1 aromatic carbocycles. The monoisotopic (exact) mass is 346 g/mol. The molecule has 0 fully saturated rings. The highest BCUT2D eigenvalue weighted by molar-refractivity contribution is 5.24. The second-order valence-corrected chi connectivity index (χ2v) is 6.22. The smallest absolute Gasteiger partial charge is 0.258 e. The van der Waals surface area contributed by atoms with Gasteiger partial charge in [0, 0.05) is 19.5 Å². The van der Waals surface area contributed by atoms with Crippen molar-refractivity contribution in [2.24, 2.45) is 0 Å². The minimum absolute atomic E-state index is 0.0340. The van der Waals surface area contributed by atoms with Gasteiger partial charge in [0.2, 0.25) is 0 Å². The molecule has 0 amide bonds. The first-order chi connectivity index (χ1) is 12.8. The van der Waals surface area contributed by atoms with E-state index in [4.69, 9.17) is 4.42 Å². The molecule has 26 heavy (non-hydrogen) atoms. The van der Waals surface area contributed by atoms with Gasteiger partial charge in [-0.25, -0.2) is 9.97 Å². The minimum Gasteiger partial charge on any atom is -0.435 e. The third kappa shape index (κ3) is 3.58. The minimum atomic E-state index is 0.0340. The van der Waals surface area contributed by atoms with Crippen molar-refractivity contribution in [1.29, 1.82) is 0 Å². The molecule has 3 aromatic rings. The predicted octanol–water partition coefficient (Wildman–Crippen LogP) is 1.69. The maximum atomic E-state index is 12.9. The van der Waals surface area contributed by atoms with Crippen LogP contribution in [0.15, 0.2) is 58.5 Å². The third-order valence-corrected chi connectivity index (χ3v) is 4.41. The summed E-state index contributed by atoms with van der Waals surface area (Å²) in [4.78, 5) is 23.4. The van der Waals surface area contributed by atoms with Crippen molar-refractivity contribution in [3.63, 3.8) is 0 Å². The van der Waals surface area contributed by atoms with Crippen LogP contribution in [0, 0.1) is 11.8 Å². The highest BCUT2D eigenvalue weighted by Gasteiger charge is 2.20. The second-order valence-electron chi connectivity index (χ2n) is 6.22. The molecule has 1 aliphatic rings. The van der Waals surface area contributed by atoms with Crippen LogP contribution in [0.1, 0.15) is 22.6 Å². The molecule has 0 aliphatic carbocycles.